The van der Waals surface area contributed by atoms with Crippen LogP contribution in [0.5, 0.6) is 0 Å². The fourth-order valence-electron chi connectivity index (χ4n) is 1.95. The van der Waals surface area contributed by atoms with Crippen molar-refractivity contribution in [2.75, 3.05) is 7.05 Å². The Morgan fingerprint density at radius 1 is 1.44 bits per heavy atom. The lowest BCUT2D eigenvalue weighted by molar-refractivity contribution is -0.384. The van der Waals surface area contributed by atoms with E-state index in [1.807, 2.05) is 7.05 Å². The van der Waals surface area contributed by atoms with E-state index in [1.54, 1.807) is 6.07 Å². The molecule has 1 atom stereocenters. The van der Waals surface area contributed by atoms with Crippen molar-refractivity contribution in [2.45, 2.75) is 32.7 Å². The molecule has 0 fully saturated rings. The molecule has 1 N–H and O–H groups in total. The summed E-state index contributed by atoms with van der Waals surface area (Å²) in [4.78, 5) is 10.2. The van der Waals surface area contributed by atoms with E-state index in [4.69, 9.17) is 11.6 Å². The van der Waals surface area contributed by atoms with E-state index in [1.165, 1.54) is 12.1 Å². The molecule has 0 heterocycles. The van der Waals surface area contributed by atoms with Gasteiger partial charge in [0.25, 0.3) is 5.69 Å². The zero-order chi connectivity index (χ0) is 13.7. The van der Waals surface area contributed by atoms with Crippen LogP contribution in [0, 0.1) is 16.0 Å². The molecule has 4 nitrogen and oxygen atoms in total. The molecule has 100 valence electrons. The molecule has 1 aromatic rings. The Morgan fingerprint density at radius 3 is 2.56 bits per heavy atom. The van der Waals surface area contributed by atoms with Gasteiger partial charge in [-0.25, -0.2) is 0 Å². The van der Waals surface area contributed by atoms with Gasteiger partial charge in [-0.1, -0.05) is 31.5 Å². The van der Waals surface area contributed by atoms with Crippen LogP contribution in [0.3, 0.4) is 0 Å². The Morgan fingerprint density at radius 2 is 2.11 bits per heavy atom. The largest absolute Gasteiger partial charge is 0.317 e. The molecule has 0 spiro atoms. The minimum absolute atomic E-state index is 0.0358. The van der Waals surface area contributed by atoms with Gasteiger partial charge in [-0.3, -0.25) is 10.1 Å². The molecule has 0 bridgehead atoms. The van der Waals surface area contributed by atoms with E-state index in [-0.39, 0.29) is 5.69 Å². The monoisotopic (exact) mass is 270 g/mol. The van der Waals surface area contributed by atoms with Crippen molar-refractivity contribution in [2.24, 2.45) is 5.92 Å². The van der Waals surface area contributed by atoms with E-state index in [0.717, 1.165) is 18.4 Å². The molecule has 0 aliphatic carbocycles. The number of likely N-dealkylation sites (N-methyl/N-ethyl adjacent to an activating group) is 1. The molecule has 0 radical (unpaired) electrons. The maximum Gasteiger partial charge on any atom is 0.270 e. The smallest absolute Gasteiger partial charge is 0.270 e. The van der Waals surface area contributed by atoms with Crippen LogP contribution in [0.15, 0.2) is 18.2 Å². The highest BCUT2D eigenvalue weighted by atomic mass is 35.5. The van der Waals surface area contributed by atoms with Gasteiger partial charge in [-0.05, 0) is 31.4 Å². The van der Waals surface area contributed by atoms with Crippen molar-refractivity contribution in [3.8, 4) is 0 Å². The number of nitrogens with one attached hydrogen (secondary N) is 1. The normalized spacial score (nSPS) is 12.7. The number of nitrogens with zero attached hydrogens (tertiary/aromatic N) is 1. The quantitative estimate of drug-likeness (QED) is 0.636. The van der Waals surface area contributed by atoms with Crippen molar-refractivity contribution in [1.82, 2.24) is 5.32 Å². The van der Waals surface area contributed by atoms with Crippen LogP contribution in [0.4, 0.5) is 5.69 Å². The number of nitro groups is 1. The van der Waals surface area contributed by atoms with Crippen molar-refractivity contribution < 1.29 is 4.92 Å². The summed E-state index contributed by atoms with van der Waals surface area (Å²) in [5, 5.41) is 14.3. The van der Waals surface area contributed by atoms with Gasteiger partial charge in [0.2, 0.25) is 0 Å². The van der Waals surface area contributed by atoms with Crippen LogP contribution in [-0.4, -0.2) is 18.0 Å². The molecular weight excluding hydrogens is 252 g/mol. The molecule has 0 aliphatic rings. The number of nitro benzene ring substituents is 1. The number of hydrogen-bond acceptors (Lipinski definition) is 3. The second-order valence-corrected chi connectivity index (χ2v) is 5.26. The summed E-state index contributed by atoms with van der Waals surface area (Å²) >= 11 is 6.08. The molecule has 0 aromatic heterocycles. The first kappa shape index (κ1) is 14.9. The number of halogens is 1. The summed E-state index contributed by atoms with van der Waals surface area (Å²) in [6.45, 7) is 4.34. The predicted octanol–water partition coefficient (Wildman–Crippen LogP) is 3.42. The zero-order valence-corrected chi connectivity index (χ0v) is 11.7. The van der Waals surface area contributed by atoms with Crippen LogP contribution < -0.4 is 5.32 Å². The van der Waals surface area contributed by atoms with Gasteiger partial charge in [0.1, 0.15) is 0 Å². The third-order valence-corrected chi connectivity index (χ3v) is 3.23. The summed E-state index contributed by atoms with van der Waals surface area (Å²) < 4.78 is 0. The molecule has 0 saturated carbocycles. The molecule has 5 heteroatoms. The molecule has 1 aromatic carbocycles. The van der Waals surface area contributed by atoms with Crippen molar-refractivity contribution in [3.05, 3.63) is 38.9 Å². The third kappa shape index (κ3) is 4.27. The van der Waals surface area contributed by atoms with Crippen LogP contribution in [0.1, 0.15) is 25.8 Å². The Kier molecular flexibility index (Phi) is 5.56. The first-order chi connectivity index (χ1) is 8.43. The van der Waals surface area contributed by atoms with Gasteiger partial charge >= 0.3 is 0 Å². The average Bonchev–Trinajstić information content (AvgIpc) is 2.29. The SMILES string of the molecule is CNC(Cc1ccc([N+](=O)[O-])cc1Cl)CC(C)C. The standard InChI is InChI=1S/C13H19ClN2O2/c1-9(2)6-11(15-3)7-10-4-5-12(16(17)18)8-13(10)14/h4-5,8-9,11,15H,6-7H2,1-3H3. The minimum atomic E-state index is -0.431. The number of hydrogen-bond donors (Lipinski definition) is 1. The first-order valence-corrected chi connectivity index (χ1v) is 6.42. The molecule has 0 amide bonds. The number of non-ortho nitro benzene ring substituents is 1. The Bertz CT molecular complexity index is 421. The van der Waals surface area contributed by atoms with Gasteiger partial charge in [-0.2, -0.15) is 0 Å². The average molecular weight is 271 g/mol. The van der Waals surface area contributed by atoms with Crippen LogP contribution in [0.25, 0.3) is 0 Å². The Labute approximate surface area is 112 Å². The van der Waals surface area contributed by atoms with E-state index < -0.39 is 4.92 Å². The maximum absolute atomic E-state index is 10.6. The molecule has 18 heavy (non-hydrogen) atoms. The third-order valence-electron chi connectivity index (χ3n) is 2.88. The van der Waals surface area contributed by atoms with Crippen molar-refractivity contribution in [1.29, 1.82) is 0 Å². The highest BCUT2D eigenvalue weighted by Gasteiger charge is 2.14. The molecule has 1 unspecified atom stereocenters. The molecule has 0 aliphatic heterocycles. The molecular formula is C13H19ClN2O2. The fraction of sp³-hybridized carbons (Fsp3) is 0.538. The Hall–Kier alpha value is -1.13. The lowest BCUT2D eigenvalue weighted by Gasteiger charge is -2.18. The summed E-state index contributed by atoms with van der Waals surface area (Å²) in [6, 6.07) is 5.00. The van der Waals surface area contributed by atoms with Gasteiger partial charge < -0.3 is 5.32 Å². The van der Waals surface area contributed by atoms with E-state index in [9.17, 15) is 10.1 Å². The predicted molar refractivity (Wildman–Crippen MR) is 74.1 cm³/mol. The van der Waals surface area contributed by atoms with Gasteiger partial charge in [0.05, 0.1) is 9.95 Å². The molecule has 0 saturated heterocycles. The highest BCUT2D eigenvalue weighted by molar-refractivity contribution is 6.31. The highest BCUT2D eigenvalue weighted by Crippen LogP contribution is 2.24. The second kappa shape index (κ2) is 6.71. The number of rotatable bonds is 6. The van der Waals surface area contributed by atoms with Crippen LogP contribution in [-0.2, 0) is 6.42 Å². The topological polar surface area (TPSA) is 55.2 Å². The van der Waals surface area contributed by atoms with Gasteiger partial charge in [-0.15, -0.1) is 0 Å². The van der Waals surface area contributed by atoms with Gasteiger partial charge in [0.15, 0.2) is 0 Å². The lowest BCUT2D eigenvalue weighted by Crippen LogP contribution is -2.29. The summed E-state index contributed by atoms with van der Waals surface area (Å²) in [5.74, 6) is 0.597. The van der Waals surface area contributed by atoms with E-state index in [2.05, 4.69) is 19.2 Å². The fourth-order valence-corrected chi connectivity index (χ4v) is 2.21. The van der Waals surface area contributed by atoms with Gasteiger partial charge in [0, 0.05) is 18.2 Å². The van der Waals surface area contributed by atoms with Crippen molar-refractivity contribution in [3.63, 3.8) is 0 Å². The summed E-state index contributed by atoms with van der Waals surface area (Å²) in [6.07, 6.45) is 1.83. The second-order valence-electron chi connectivity index (χ2n) is 4.85. The summed E-state index contributed by atoms with van der Waals surface area (Å²) in [5.41, 5.74) is 0.982. The molecule has 1 rings (SSSR count). The van der Waals surface area contributed by atoms with Crippen LogP contribution >= 0.6 is 11.6 Å². The minimum Gasteiger partial charge on any atom is -0.317 e. The first-order valence-electron chi connectivity index (χ1n) is 6.04. The van der Waals surface area contributed by atoms with E-state index in [0.29, 0.717) is 17.0 Å². The maximum atomic E-state index is 10.6. The van der Waals surface area contributed by atoms with E-state index >= 15 is 0 Å². The zero-order valence-electron chi connectivity index (χ0n) is 10.9. The lowest BCUT2D eigenvalue weighted by atomic mass is 9.97. The Balaban J connectivity index is 2.80. The summed E-state index contributed by atoms with van der Waals surface area (Å²) in [7, 11) is 1.92. The number of benzene rings is 1. The van der Waals surface area contributed by atoms with Crippen LogP contribution in [0.2, 0.25) is 5.02 Å². The van der Waals surface area contributed by atoms with Crippen molar-refractivity contribution >= 4 is 17.3 Å².